The number of anilines is 1. The summed E-state index contributed by atoms with van der Waals surface area (Å²) in [6.07, 6.45) is 17.6. The van der Waals surface area contributed by atoms with Crippen LogP contribution in [0.3, 0.4) is 0 Å². The first kappa shape index (κ1) is 35.6. The molecule has 0 aliphatic carbocycles. The fourth-order valence-corrected chi connectivity index (χ4v) is 6.21. The largest absolute Gasteiger partial charge is 0.443 e. The molecule has 0 saturated carbocycles. The molecule has 1 fully saturated rings. The van der Waals surface area contributed by atoms with Crippen molar-refractivity contribution in [1.29, 1.82) is 5.26 Å². The zero-order valence-corrected chi connectivity index (χ0v) is 27.7. The Morgan fingerprint density at radius 3 is 2.09 bits per heavy atom. The monoisotopic (exact) mass is 602 g/mol. The molecule has 44 heavy (non-hydrogen) atoms. The van der Waals surface area contributed by atoms with Gasteiger partial charge in [0.1, 0.15) is 5.60 Å². The van der Waals surface area contributed by atoms with Crippen LogP contribution in [-0.4, -0.2) is 60.8 Å². The van der Waals surface area contributed by atoms with Gasteiger partial charge >= 0.3 is 6.09 Å². The van der Waals surface area contributed by atoms with Crippen LogP contribution in [0.25, 0.3) is 11.1 Å². The zero-order valence-electron chi connectivity index (χ0n) is 27.7. The average Bonchev–Trinajstić information content (AvgIpc) is 3.03. The van der Waals surface area contributed by atoms with Gasteiger partial charge < -0.3 is 14.5 Å². The maximum absolute atomic E-state index is 12.9. The molecule has 6 nitrogen and oxygen atoms in total. The molecule has 1 heterocycles. The zero-order chi connectivity index (χ0) is 31.3. The van der Waals surface area contributed by atoms with Crippen molar-refractivity contribution in [3.05, 3.63) is 54.6 Å². The molecule has 6 heteroatoms. The third kappa shape index (κ3) is 13.8. The highest BCUT2D eigenvalue weighted by Crippen LogP contribution is 2.30. The lowest BCUT2D eigenvalue weighted by molar-refractivity contribution is -0.0163. The van der Waals surface area contributed by atoms with Crippen molar-refractivity contribution in [3.8, 4) is 17.2 Å². The number of likely N-dealkylation sites (tertiary alicyclic amines) is 1. The van der Waals surface area contributed by atoms with Crippen LogP contribution in [0, 0.1) is 11.3 Å². The summed E-state index contributed by atoms with van der Waals surface area (Å²) in [6.45, 7) is 10.6. The van der Waals surface area contributed by atoms with Crippen LogP contribution in [0.15, 0.2) is 54.6 Å². The summed E-state index contributed by atoms with van der Waals surface area (Å²) in [5.41, 5.74) is 2.40. The second-order valence-corrected chi connectivity index (χ2v) is 12.9. The maximum atomic E-state index is 12.9. The molecule has 0 spiro atoms. The van der Waals surface area contributed by atoms with Gasteiger partial charge in [0.2, 0.25) is 0 Å². The molecule has 3 rings (SSSR count). The number of rotatable bonds is 21. The van der Waals surface area contributed by atoms with Gasteiger partial charge in [-0.2, -0.15) is 5.26 Å². The molecule has 2 aromatic carbocycles. The Bertz CT molecular complexity index is 1090. The third-order valence-electron chi connectivity index (χ3n) is 9.07. The maximum Gasteiger partial charge on any atom is 0.412 e. The summed E-state index contributed by atoms with van der Waals surface area (Å²) in [7, 11) is 0. The van der Waals surface area contributed by atoms with E-state index in [2.05, 4.69) is 47.2 Å². The van der Waals surface area contributed by atoms with Gasteiger partial charge in [-0.05, 0) is 70.3 Å². The van der Waals surface area contributed by atoms with Crippen molar-refractivity contribution < 1.29 is 9.53 Å². The van der Waals surface area contributed by atoms with Crippen molar-refractivity contribution in [2.24, 2.45) is 0 Å². The van der Waals surface area contributed by atoms with Gasteiger partial charge in [0.25, 0.3) is 0 Å². The minimum atomic E-state index is -0.432. The molecule has 0 bridgehead atoms. The number of hydrogen-bond donors (Lipinski definition) is 1. The molecular weight excluding hydrogens is 544 g/mol. The number of nitrogens with zero attached hydrogens (tertiary/aromatic N) is 3. The minimum Gasteiger partial charge on any atom is -0.443 e. The minimum absolute atomic E-state index is 0.375. The topological polar surface area (TPSA) is 68.6 Å². The van der Waals surface area contributed by atoms with E-state index in [1.54, 1.807) is 0 Å². The van der Waals surface area contributed by atoms with Crippen molar-refractivity contribution in [2.45, 2.75) is 116 Å². The van der Waals surface area contributed by atoms with Gasteiger partial charge in [0.05, 0.1) is 11.8 Å². The molecule has 1 N–H and O–H groups in total. The molecular formula is C38H58N4O2. The number of hydrogen-bond acceptors (Lipinski definition) is 5. The van der Waals surface area contributed by atoms with Crippen LogP contribution in [0.1, 0.15) is 110 Å². The van der Waals surface area contributed by atoms with Gasteiger partial charge in [-0.15, -0.1) is 0 Å². The average molecular weight is 603 g/mol. The Labute approximate surface area is 268 Å². The Kier molecular flexibility index (Phi) is 17.0. The fourth-order valence-electron chi connectivity index (χ4n) is 6.21. The number of carbonyl (C=O) groups is 1. The lowest BCUT2D eigenvalue weighted by Crippen LogP contribution is -2.46. The highest BCUT2D eigenvalue weighted by Gasteiger charge is 2.33. The van der Waals surface area contributed by atoms with E-state index in [1.165, 1.54) is 77.0 Å². The van der Waals surface area contributed by atoms with Crippen molar-refractivity contribution >= 4 is 11.8 Å². The van der Waals surface area contributed by atoms with Crippen molar-refractivity contribution in [1.82, 2.24) is 9.80 Å². The summed E-state index contributed by atoms with van der Waals surface area (Å²) >= 11 is 0. The number of amides is 1. The van der Waals surface area contributed by atoms with Crippen LogP contribution in [0.2, 0.25) is 0 Å². The Morgan fingerprint density at radius 2 is 1.43 bits per heavy atom. The first-order valence-electron chi connectivity index (χ1n) is 17.5. The number of nitriles is 1. The molecule has 0 radical (unpaired) electrons. The van der Waals surface area contributed by atoms with Crippen LogP contribution in [0.5, 0.6) is 0 Å². The Hall–Kier alpha value is -2.88. The first-order chi connectivity index (χ1) is 21.5. The van der Waals surface area contributed by atoms with Crippen LogP contribution >= 0.6 is 0 Å². The van der Waals surface area contributed by atoms with Gasteiger partial charge in [-0.3, -0.25) is 5.32 Å². The standard InChI is InChI=1S/C38H58N4O2/c1-3-4-5-6-9-17-28-41(31-20-27-39)29-18-10-7-8-11-19-30-42-32-25-38(2,26-33-42)44-37(43)40-36-24-16-15-23-35(36)34-21-13-12-14-22-34/h12-16,21-24H,3-11,17-20,25-26,28-33H2,1-2H3,(H,40,43). The lowest BCUT2D eigenvalue weighted by atomic mass is 9.93. The van der Waals surface area contributed by atoms with E-state index < -0.39 is 5.60 Å². The highest BCUT2D eigenvalue weighted by atomic mass is 16.6. The smallest absolute Gasteiger partial charge is 0.412 e. The van der Waals surface area contributed by atoms with E-state index in [0.29, 0.717) is 6.42 Å². The molecule has 0 atom stereocenters. The number of unbranched alkanes of at least 4 members (excludes halogenated alkanes) is 10. The van der Waals surface area contributed by atoms with Gasteiger partial charge in [-0.1, -0.05) is 113 Å². The third-order valence-corrected chi connectivity index (χ3v) is 9.07. The van der Waals surface area contributed by atoms with Crippen molar-refractivity contribution in [2.75, 3.05) is 44.6 Å². The summed E-state index contributed by atoms with van der Waals surface area (Å²) in [4.78, 5) is 17.9. The number of piperidine rings is 1. The molecule has 1 amide bonds. The summed E-state index contributed by atoms with van der Waals surface area (Å²) in [6, 6.07) is 20.3. The van der Waals surface area contributed by atoms with Crippen LogP contribution < -0.4 is 5.32 Å². The second kappa shape index (κ2) is 21.0. The highest BCUT2D eigenvalue weighted by molar-refractivity contribution is 5.91. The first-order valence-corrected chi connectivity index (χ1v) is 17.5. The quantitative estimate of drug-likeness (QED) is 0.144. The normalized spacial score (nSPS) is 14.8. The molecule has 0 unspecified atom stereocenters. The van der Waals surface area contributed by atoms with Crippen LogP contribution in [0.4, 0.5) is 10.5 Å². The molecule has 1 aliphatic rings. The van der Waals surface area contributed by atoms with E-state index in [9.17, 15) is 4.79 Å². The van der Waals surface area contributed by atoms with Crippen LogP contribution in [-0.2, 0) is 4.74 Å². The molecule has 1 saturated heterocycles. The summed E-state index contributed by atoms with van der Waals surface area (Å²) in [5, 5.41) is 12.0. The van der Waals surface area contributed by atoms with E-state index in [0.717, 1.165) is 68.9 Å². The van der Waals surface area contributed by atoms with Gasteiger partial charge in [-0.25, -0.2) is 4.79 Å². The molecule has 0 aromatic heterocycles. The van der Waals surface area contributed by atoms with E-state index >= 15 is 0 Å². The number of carbonyl (C=O) groups excluding carboxylic acids is 1. The Morgan fingerprint density at radius 1 is 0.841 bits per heavy atom. The number of benzene rings is 2. The number of nitrogens with one attached hydrogen (secondary N) is 1. The molecule has 1 aliphatic heterocycles. The molecule has 2 aromatic rings. The second-order valence-electron chi connectivity index (χ2n) is 12.9. The summed E-state index contributed by atoms with van der Waals surface area (Å²) < 4.78 is 5.99. The summed E-state index contributed by atoms with van der Waals surface area (Å²) in [5.74, 6) is 0. The molecule has 242 valence electrons. The van der Waals surface area contributed by atoms with E-state index in [-0.39, 0.29) is 6.09 Å². The fraction of sp³-hybridized carbons (Fsp3) is 0.632. The SMILES string of the molecule is CCCCCCCCN(CCC#N)CCCCCCCCN1CCC(C)(OC(=O)Nc2ccccc2-c2ccccc2)CC1. The Balaban J connectivity index is 1.24. The van der Waals surface area contributed by atoms with Gasteiger partial charge in [0.15, 0.2) is 0 Å². The predicted molar refractivity (Wildman–Crippen MR) is 184 cm³/mol. The van der Waals surface area contributed by atoms with Crippen molar-refractivity contribution in [3.63, 3.8) is 0 Å². The van der Waals surface area contributed by atoms with E-state index in [1.807, 2.05) is 42.5 Å². The number of ether oxygens (including phenoxy) is 1. The predicted octanol–water partition coefficient (Wildman–Crippen LogP) is 9.67. The lowest BCUT2D eigenvalue weighted by Gasteiger charge is -2.38. The van der Waals surface area contributed by atoms with Gasteiger partial charge in [0, 0.05) is 31.6 Å². The number of para-hydroxylation sites is 1. The van der Waals surface area contributed by atoms with E-state index in [4.69, 9.17) is 10.00 Å².